The van der Waals surface area contributed by atoms with Gasteiger partial charge in [0.1, 0.15) is 19.8 Å². The van der Waals surface area contributed by atoms with E-state index in [2.05, 4.69) is 26.0 Å². The van der Waals surface area contributed by atoms with E-state index in [0.29, 0.717) is 17.4 Å². The van der Waals surface area contributed by atoms with E-state index in [0.717, 1.165) is 64.2 Å². The summed E-state index contributed by atoms with van der Waals surface area (Å²) in [7, 11) is 1.47. The van der Waals surface area contributed by atoms with Crippen LogP contribution in [0.3, 0.4) is 0 Å². The van der Waals surface area contributed by atoms with Gasteiger partial charge in [0.15, 0.2) is 6.10 Å². The summed E-state index contributed by atoms with van der Waals surface area (Å²) >= 11 is 0. The number of esters is 2. The maximum Gasteiger partial charge on any atom is 0.472 e. The number of phosphoric acid groups is 1. The minimum absolute atomic E-state index is 0.0319. The van der Waals surface area contributed by atoms with Gasteiger partial charge in [0.25, 0.3) is 0 Å². The molecule has 0 radical (unpaired) electrons. The number of carbonyl (C=O) groups excluding carboxylic acids is 2. The third-order valence-electron chi connectivity index (χ3n) is 7.05. The van der Waals surface area contributed by atoms with Gasteiger partial charge in [0.05, 0.1) is 27.7 Å². The van der Waals surface area contributed by atoms with Gasteiger partial charge in [-0.2, -0.15) is 0 Å². The molecule has 254 valence electrons. The van der Waals surface area contributed by atoms with Crippen LogP contribution in [-0.2, 0) is 32.7 Å². The van der Waals surface area contributed by atoms with Crippen LogP contribution >= 0.6 is 7.82 Å². The molecular weight excluding hydrogens is 569 g/mol. The quantitative estimate of drug-likeness (QED) is 0.0276. The van der Waals surface area contributed by atoms with Crippen molar-refractivity contribution in [2.45, 2.75) is 142 Å². The second-order valence-corrected chi connectivity index (χ2v) is 14.0. The Balaban J connectivity index is 4.42. The summed E-state index contributed by atoms with van der Waals surface area (Å²) < 4.78 is 33.8. The highest BCUT2D eigenvalue weighted by atomic mass is 31.2. The summed E-state index contributed by atoms with van der Waals surface area (Å²) in [5.41, 5.74) is 0. The fourth-order valence-corrected chi connectivity index (χ4v) is 5.04. The highest BCUT2D eigenvalue weighted by Gasteiger charge is 2.27. The van der Waals surface area contributed by atoms with Crippen molar-refractivity contribution in [2.24, 2.45) is 0 Å². The number of ether oxygens (including phenoxy) is 2. The molecule has 1 unspecified atom stereocenters. The van der Waals surface area contributed by atoms with E-state index in [1.165, 1.54) is 38.5 Å². The van der Waals surface area contributed by atoms with Crippen molar-refractivity contribution in [3.63, 3.8) is 0 Å². The lowest BCUT2D eigenvalue weighted by atomic mass is 10.1. The Kier molecular flexibility index (Phi) is 26.3. The van der Waals surface area contributed by atoms with E-state index in [9.17, 15) is 19.0 Å². The zero-order valence-corrected chi connectivity index (χ0v) is 29.1. The van der Waals surface area contributed by atoms with Gasteiger partial charge in [-0.05, 0) is 38.5 Å². The molecule has 1 N–H and O–H groups in total. The summed E-state index contributed by atoms with van der Waals surface area (Å²) in [6.07, 6.45) is 23.0. The van der Waals surface area contributed by atoms with Crippen molar-refractivity contribution < 1.29 is 42.1 Å². The first-order valence-electron chi connectivity index (χ1n) is 16.9. The number of carbonyl (C=O) groups is 2. The molecule has 10 heteroatoms. The number of hydrogen-bond acceptors (Lipinski definition) is 7. The number of nitrogens with zero attached hydrogens (tertiary/aromatic N) is 1. The molecule has 2 atom stereocenters. The Hall–Kier alpha value is -1.25. The van der Waals surface area contributed by atoms with Crippen LogP contribution in [0.5, 0.6) is 0 Å². The normalized spacial score (nSPS) is 14.1. The number of hydrogen-bond donors (Lipinski definition) is 1. The summed E-state index contributed by atoms with van der Waals surface area (Å²) in [6.45, 7) is 4.28. The Morgan fingerprint density at radius 1 is 0.698 bits per heavy atom. The third kappa shape index (κ3) is 30.6. The highest BCUT2D eigenvalue weighted by molar-refractivity contribution is 7.47. The lowest BCUT2D eigenvalue weighted by molar-refractivity contribution is -0.870. The second-order valence-electron chi connectivity index (χ2n) is 12.6. The number of phosphoric ester groups is 1. The molecule has 0 amide bonds. The molecule has 0 aliphatic heterocycles. The SMILES string of the molecule is CCCCCCC/C=C\CCCCCCCC(=O)O[C@@H](COC(=O)CCCCCCC)COP(=O)(O)OCC[N+](C)(C)C. The molecule has 0 saturated carbocycles. The van der Waals surface area contributed by atoms with E-state index in [-0.39, 0.29) is 32.0 Å². The van der Waals surface area contributed by atoms with E-state index in [1.807, 2.05) is 21.1 Å². The molecule has 0 fully saturated rings. The van der Waals surface area contributed by atoms with Gasteiger partial charge in [0.2, 0.25) is 0 Å². The van der Waals surface area contributed by atoms with Gasteiger partial charge in [-0.25, -0.2) is 4.57 Å². The van der Waals surface area contributed by atoms with Crippen LogP contribution in [0.2, 0.25) is 0 Å². The predicted octanol–water partition coefficient (Wildman–Crippen LogP) is 8.29. The molecule has 0 aliphatic carbocycles. The molecule has 43 heavy (non-hydrogen) atoms. The first kappa shape index (κ1) is 41.8. The minimum atomic E-state index is -4.35. The van der Waals surface area contributed by atoms with Crippen molar-refractivity contribution in [1.82, 2.24) is 0 Å². The first-order valence-corrected chi connectivity index (χ1v) is 18.4. The van der Waals surface area contributed by atoms with Crippen LogP contribution in [0.4, 0.5) is 0 Å². The van der Waals surface area contributed by atoms with Crippen LogP contribution in [0.15, 0.2) is 12.2 Å². The van der Waals surface area contributed by atoms with Crippen LogP contribution in [0, 0.1) is 0 Å². The van der Waals surface area contributed by atoms with Crippen LogP contribution < -0.4 is 0 Å². The molecule has 0 aliphatic rings. The molecular formula is C33H65NO8P+. The number of allylic oxidation sites excluding steroid dienone is 2. The zero-order chi connectivity index (χ0) is 32.2. The third-order valence-corrected chi connectivity index (χ3v) is 8.03. The van der Waals surface area contributed by atoms with E-state index in [4.69, 9.17) is 18.5 Å². The molecule has 0 rings (SSSR count). The zero-order valence-electron chi connectivity index (χ0n) is 28.2. The molecule has 0 bridgehead atoms. The van der Waals surface area contributed by atoms with E-state index >= 15 is 0 Å². The van der Waals surface area contributed by atoms with Crippen LogP contribution in [0.1, 0.15) is 136 Å². The smallest absolute Gasteiger partial charge is 0.462 e. The fourth-order valence-electron chi connectivity index (χ4n) is 4.30. The maximum atomic E-state index is 12.5. The Morgan fingerprint density at radius 3 is 1.72 bits per heavy atom. The first-order chi connectivity index (χ1) is 20.5. The largest absolute Gasteiger partial charge is 0.472 e. The molecule has 0 aromatic rings. The summed E-state index contributed by atoms with van der Waals surface area (Å²) in [5.74, 6) is -0.824. The molecule has 0 heterocycles. The Morgan fingerprint density at radius 2 is 1.19 bits per heavy atom. The predicted molar refractivity (Wildman–Crippen MR) is 174 cm³/mol. The monoisotopic (exact) mass is 634 g/mol. The summed E-state index contributed by atoms with van der Waals surface area (Å²) in [6, 6.07) is 0. The average molecular weight is 635 g/mol. The van der Waals surface area contributed by atoms with Gasteiger partial charge in [-0.3, -0.25) is 18.6 Å². The average Bonchev–Trinajstić information content (AvgIpc) is 2.93. The van der Waals surface area contributed by atoms with Gasteiger partial charge in [-0.15, -0.1) is 0 Å². The number of rotatable bonds is 30. The summed E-state index contributed by atoms with van der Waals surface area (Å²) in [5, 5.41) is 0. The second kappa shape index (κ2) is 27.1. The van der Waals surface area contributed by atoms with Gasteiger partial charge < -0.3 is 18.9 Å². The van der Waals surface area contributed by atoms with Gasteiger partial charge in [0, 0.05) is 12.8 Å². The van der Waals surface area contributed by atoms with Crippen molar-refractivity contribution in [1.29, 1.82) is 0 Å². The van der Waals surface area contributed by atoms with Gasteiger partial charge >= 0.3 is 19.8 Å². The van der Waals surface area contributed by atoms with Crippen molar-refractivity contribution in [3.8, 4) is 0 Å². The van der Waals surface area contributed by atoms with Crippen molar-refractivity contribution in [3.05, 3.63) is 12.2 Å². The van der Waals surface area contributed by atoms with Crippen LogP contribution in [-0.4, -0.2) is 74.9 Å². The standard InChI is InChI=1S/C33H64NO8P/c1-6-8-10-12-13-14-15-16-17-18-19-20-22-24-26-33(36)42-31(29-39-32(35)25-23-21-11-9-7-2)30-41-43(37,38)40-28-27-34(3,4)5/h15-16,31H,6-14,17-30H2,1-5H3/p+1/b16-15-/t31-/m0/s1. The maximum absolute atomic E-state index is 12.5. The molecule has 0 aromatic heterocycles. The van der Waals surface area contributed by atoms with Crippen molar-refractivity contribution in [2.75, 3.05) is 47.5 Å². The Labute approximate surface area is 263 Å². The lowest BCUT2D eigenvalue weighted by Gasteiger charge is -2.24. The number of unbranched alkanes of at least 4 members (excludes halogenated alkanes) is 14. The Bertz CT molecular complexity index is 768. The van der Waals surface area contributed by atoms with Crippen molar-refractivity contribution >= 4 is 19.8 Å². The summed E-state index contributed by atoms with van der Waals surface area (Å²) in [4.78, 5) is 34.7. The minimum Gasteiger partial charge on any atom is -0.462 e. The van der Waals surface area contributed by atoms with Gasteiger partial charge in [-0.1, -0.05) is 96.6 Å². The molecule has 0 aromatic carbocycles. The fraction of sp³-hybridized carbons (Fsp3) is 0.879. The number of likely N-dealkylation sites (N-methyl/N-ethyl adjacent to an activating group) is 1. The molecule has 0 saturated heterocycles. The molecule has 0 spiro atoms. The lowest BCUT2D eigenvalue weighted by Crippen LogP contribution is -2.37. The number of quaternary nitrogens is 1. The van der Waals surface area contributed by atoms with E-state index in [1.54, 1.807) is 0 Å². The van der Waals surface area contributed by atoms with Crippen LogP contribution in [0.25, 0.3) is 0 Å². The topological polar surface area (TPSA) is 108 Å². The highest BCUT2D eigenvalue weighted by Crippen LogP contribution is 2.43. The molecule has 9 nitrogen and oxygen atoms in total. The van der Waals surface area contributed by atoms with E-state index < -0.39 is 26.5 Å².